The molecule has 0 unspecified atom stereocenters. The number of pyridine rings is 1. The molecule has 21 heavy (non-hydrogen) atoms. The highest BCUT2D eigenvalue weighted by Crippen LogP contribution is 2.32. The van der Waals surface area contributed by atoms with Crippen molar-refractivity contribution < 1.29 is 9.13 Å². The van der Waals surface area contributed by atoms with E-state index in [4.69, 9.17) is 10.5 Å². The summed E-state index contributed by atoms with van der Waals surface area (Å²) in [7, 11) is 0. The Bertz CT molecular complexity index is 807. The summed E-state index contributed by atoms with van der Waals surface area (Å²) >= 11 is 3.30. The molecule has 2 aromatic carbocycles. The van der Waals surface area contributed by atoms with Crippen LogP contribution in [0.1, 0.15) is 5.56 Å². The van der Waals surface area contributed by atoms with Crippen LogP contribution in [0.25, 0.3) is 10.8 Å². The number of hydrogen-bond donors (Lipinski definition) is 1. The summed E-state index contributed by atoms with van der Waals surface area (Å²) in [5.41, 5.74) is 6.64. The van der Waals surface area contributed by atoms with Gasteiger partial charge >= 0.3 is 0 Å². The first-order valence-corrected chi connectivity index (χ1v) is 7.18. The Morgan fingerprint density at radius 3 is 2.67 bits per heavy atom. The second kappa shape index (κ2) is 5.79. The predicted octanol–water partition coefficient (Wildman–Crippen LogP) is 4.39. The second-order valence-electron chi connectivity index (χ2n) is 4.52. The zero-order valence-corrected chi connectivity index (χ0v) is 12.6. The van der Waals surface area contributed by atoms with Crippen LogP contribution in [0.5, 0.6) is 11.6 Å². The molecule has 1 aromatic heterocycles. The topological polar surface area (TPSA) is 48.1 Å². The van der Waals surface area contributed by atoms with Gasteiger partial charge in [0.2, 0.25) is 5.88 Å². The molecule has 0 amide bonds. The van der Waals surface area contributed by atoms with Gasteiger partial charge in [-0.05, 0) is 35.2 Å². The van der Waals surface area contributed by atoms with Gasteiger partial charge < -0.3 is 10.5 Å². The molecule has 2 N–H and O–H groups in total. The zero-order valence-electron chi connectivity index (χ0n) is 11.0. The molecule has 106 valence electrons. The SMILES string of the molecule is NCc1cnc(Oc2cc(Br)ccc2F)c2ccccc12. The van der Waals surface area contributed by atoms with Gasteiger partial charge in [0.1, 0.15) is 0 Å². The average molecular weight is 347 g/mol. The Labute approximate surface area is 129 Å². The molecule has 3 rings (SSSR count). The summed E-state index contributed by atoms with van der Waals surface area (Å²) in [4.78, 5) is 4.26. The van der Waals surface area contributed by atoms with Crippen molar-refractivity contribution in [3.8, 4) is 11.6 Å². The third-order valence-corrected chi connectivity index (χ3v) is 3.65. The molecule has 1 heterocycles. The number of nitrogens with two attached hydrogens (primary N) is 1. The molecule has 5 heteroatoms. The third-order valence-electron chi connectivity index (χ3n) is 3.16. The number of aromatic nitrogens is 1. The largest absolute Gasteiger partial charge is 0.435 e. The lowest BCUT2D eigenvalue weighted by molar-refractivity contribution is 0.432. The normalized spacial score (nSPS) is 10.8. The number of rotatable bonds is 3. The summed E-state index contributed by atoms with van der Waals surface area (Å²) in [5.74, 6) is 0.0503. The Kier molecular flexibility index (Phi) is 3.86. The molecule has 0 saturated heterocycles. The van der Waals surface area contributed by atoms with E-state index in [9.17, 15) is 4.39 Å². The van der Waals surface area contributed by atoms with Gasteiger partial charge in [0.25, 0.3) is 0 Å². The Morgan fingerprint density at radius 2 is 1.90 bits per heavy atom. The fraction of sp³-hybridized carbons (Fsp3) is 0.0625. The number of halogens is 2. The minimum atomic E-state index is -0.438. The fourth-order valence-electron chi connectivity index (χ4n) is 2.13. The average Bonchev–Trinajstić information content (AvgIpc) is 2.51. The van der Waals surface area contributed by atoms with Crippen LogP contribution in [0.3, 0.4) is 0 Å². The van der Waals surface area contributed by atoms with Crippen molar-refractivity contribution in [2.45, 2.75) is 6.54 Å². The summed E-state index contributed by atoms with van der Waals surface area (Å²) in [6.45, 7) is 0.388. The Morgan fingerprint density at radius 1 is 1.14 bits per heavy atom. The van der Waals surface area contributed by atoms with Crippen molar-refractivity contribution in [1.82, 2.24) is 4.98 Å². The number of fused-ring (bicyclic) bond motifs is 1. The maximum absolute atomic E-state index is 13.8. The molecule has 0 radical (unpaired) electrons. The van der Waals surface area contributed by atoms with Gasteiger partial charge in [0, 0.05) is 22.6 Å². The van der Waals surface area contributed by atoms with Crippen molar-refractivity contribution in [3.05, 3.63) is 64.5 Å². The molecule has 0 saturated carbocycles. The molecular formula is C16H12BrFN2O. The zero-order chi connectivity index (χ0) is 14.8. The van der Waals surface area contributed by atoms with E-state index in [1.807, 2.05) is 24.3 Å². The molecular weight excluding hydrogens is 335 g/mol. The van der Waals surface area contributed by atoms with Gasteiger partial charge in [-0.2, -0.15) is 0 Å². The third kappa shape index (κ3) is 2.75. The smallest absolute Gasteiger partial charge is 0.227 e. The lowest BCUT2D eigenvalue weighted by Crippen LogP contribution is -2.00. The number of nitrogens with zero attached hydrogens (tertiary/aromatic N) is 1. The van der Waals surface area contributed by atoms with Gasteiger partial charge in [-0.15, -0.1) is 0 Å². The van der Waals surface area contributed by atoms with Crippen molar-refractivity contribution >= 4 is 26.7 Å². The van der Waals surface area contributed by atoms with Crippen LogP contribution in [-0.4, -0.2) is 4.98 Å². The summed E-state index contributed by atoms with van der Waals surface area (Å²) < 4.78 is 20.2. The summed E-state index contributed by atoms with van der Waals surface area (Å²) in [6.07, 6.45) is 1.66. The molecule has 3 aromatic rings. The summed E-state index contributed by atoms with van der Waals surface area (Å²) in [5, 5.41) is 1.76. The summed E-state index contributed by atoms with van der Waals surface area (Å²) in [6, 6.07) is 12.2. The predicted molar refractivity (Wildman–Crippen MR) is 83.8 cm³/mol. The van der Waals surface area contributed by atoms with Crippen molar-refractivity contribution in [3.63, 3.8) is 0 Å². The van der Waals surface area contributed by atoms with Crippen LogP contribution < -0.4 is 10.5 Å². The van der Waals surface area contributed by atoms with E-state index in [0.29, 0.717) is 12.4 Å². The van der Waals surface area contributed by atoms with E-state index in [1.165, 1.54) is 6.07 Å². The van der Waals surface area contributed by atoms with Crippen molar-refractivity contribution in [2.24, 2.45) is 5.73 Å². The monoisotopic (exact) mass is 346 g/mol. The number of hydrogen-bond acceptors (Lipinski definition) is 3. The van der Waals surface area contributed by atoms with E-state index < -0.39 is 5.82 Å². The van der Waals surface area contributed by atoms with Gasteiger partial charge in [0.05, 0.1) is 0 Å². The lowest BCUT2D eigenvalue weighted by atomic mass is 10.1. The highest BCUT2D eigenvalue weighted by molar-refractivity contribution is 9.10. The van der Waals surface area contributed by atoms with Gasteiger partial charge in [-0.3, -0.25) is 0 Å². The first kappa shape index (κ1) is 14.0. The molecule has 0 atom stereocenters. The number of benzene rings is 2. The van der Waals surface area contributed by atoms with Crippen LogP contribution in [0.4, 0.5) is 4.39 Å². The quantitative estimate of drug-likeness (QED) is 0.765. The minimum absolute atomic E-state index is 0.127. The van der Waals surface area contributed by atoms with Gasteiger partial charge in [-0.1, -0.05) is 34.1 Å². The molecule has 0 spiro atoms. The van der Waals surface area contributed by atoms with Gasteiger partial charge in [-0.25, -0.2) is 9.37 Å². The maximum atomic E-state index is 13.8. The van der Waals surface area contributed by atoms with Crippen LogP contribution >= 0.6 is 15.9 Å². The molecule has 0 fully saturated rings. The first-order chi connectivity index (χ1) is 10.2. The van der Waals surface area contributed by atoms with Gasteiger partial charge in [0.15, 0.2) is 11.6 Å². The van der Waals surface area contributed by atoms with E-state index in [1.54, 1.807) is 18.3 Å². The maximum Gasteiger partial charge on any atom is 0.227 e. The van der Waals surface area contributed by atoms with E-state index in [-0.39, 0.29) is 5.75 Å². The van der Waals surface area contributed by atoms with Crippen LogP contribution in [-0.2, 0) is 6.54 Å². The van der Waals surface area contributed by atoms with E-state index in [2.05, 4.69) is 20.9 Å². The van der Waals surface area contributed by atoms with E-state index >= 15 is 0 Å². The second-order valence-corrected chi connectivity index (χ2v) is 5.43. The Balaban J connectivity index is 2.11. The molecule has 0 bridgehead atoms. The molecule has 0 aliphatic heterocycles. The Hall–Kier alpha value is -1.98. The standard InChI is InChI=1S/C16H12BrFN2O/c17-11-5-6-14(18)15(7-11)21-16-13-4-2-1-3-12(13)10(8-19)9-20-16/h1-7,9H,8,19H2. The molecule has 0 aliphatic carbocycles. The van der Waals surface area contributed by atoms with Crippen molar-refractivity contribution in [2.75, 3.05) is 0 Å². The fourth-order valence-corrected chi connectivity index (χ4v) is 2.47. The highest BCUT2D eigenvalue weighted by Gasteiger charge is 2.11. The number of ether oxygens (including phenoxy) is 1. The van der Waals surface area contributed by atoms with E-state index in [0.717, 1.165) is 20.8 Å². The van der Waals surface area contributed by atoms with Crippen LogP contribution in [0, 0.1) is 5.82 Å². The lowest BCUT2D eigenvalue weighted by Gasteiger charge is -2.11. The highest BCUT2D eigenvalue weighted by atomic mass is 79.9. The van der Waals surface area contributed by atoms with Crippen LogP contribution in [0.15, 0.2) is 53.1 Å². The molecule has 0 aliphatic rings. The minimum Gasteiger partial charge on any atom is -0.435 e. The first-order valence-electron chi connectivity index (χ1n) is 6.38. The van der Waals surface area contributed by atoms with Crippen molar-refractivity contribution in [1.29, 1.82) is 0 Å². The van der Waals surface area contributed by atoms with Crippen LogP contribution in [0.2, 0.25) is 0 Å². The molecule has 3 nitrogen and oxygen atoms in total.